The van der Waals surface area contributed by atoms with E-state index in [2.05, 4.69) is 15.5 Å². The minimum Gasteiger partial charge on any atom is -0.482 e. The van der Waals surface area contributed by atoms with E-state index in [1.165, 1.54) is 6.26 Å². The second kappa shape index (κ2) is 8.85. The molecule has 1 aromatic carbocycles. The number of hydrogen-bond donors (Lipinski definition) is 2. The van der Waals surface area contributed by atoms with Crippen LogP contribution in [0.2, 0.25) is 0 Å². The summed E-state index contributed by atoms with van der Waals surface area (Å²) in [5.74, 6) is 0.462. The number of hydrogen-bond acceptors (Lipinski definition) is 7. The number of ether oxygens (including phenoxy) is 1. The molecular weight excluding hydrogens is 366 g/mol. The Morgan fingerprint density at radius 1 is 1.25 bits per heavy atom. The van der Waals surface area contributed by atoms with Crippen LogP contribution in [-0.4, -0.2) is 33.7 Å². The highest BCUT2D eigenvalue weighted by Gasteiger charge is 2.14. The minimum absolute atomic E-state index is 0.156. The molecule has 1 amide bonds. The number of rotatable bonds is 9. The first-order chi connectivity index (χ1) is 13.5. The molecule has 28 heavy (non-hydrogen) atoms. The number of furan rings is 1. The molecule has 0 aliphatic rings. The van der Waals surface area contributed by atoms with E-state index in [1.807, 2.05) is 6.92 Å². The van der Waals surface area contributed by atoms with Crippen LogP contribution in [0.5, 0.6) is 5.75 Å². The molecule has 0 aliphatic heterocycles. The highest BCUT2D eigenvalue weighted by atomic mass is 16.5. The number of carboxylic acids is 1. The molecule has 1 unspecified atom stereocenters. The summed E-state index contributed by atoms with van der Waals surface area (Å²) in [5.41, 5.74) is 0.869. The van der Waals surface area contributed by atoms with Crippen molar-refractivity contribution < 1.29 is 28.4 Å². The van der Waals surface area contributed by atoms with Crippen LogP contribution in [0.4, 0.5) is 0 Å². The Morgan fingerprint density at radius 2 is 2.04 bits per heavy atom. The van der Waals surface area contributed by atoms with Gasteiger partial charge in [0.1, 0.15) is 5.75 Å². The van der Waals surface area contributed by atoms with Crippen molar-refractivity contribution in [3.05, 3.63) is 54.1 Å². The van der Waals surface area contributed by atoms with E-state index in [-0.39, 0.29) is 18.4 Å². The van der Waals surface area contributed by atoms with Gasteiger partial charge in [0, 0.05) is 12.8 Å². The van der Waals surface area contributed by atoms with Crippen LogP contribution < -0.4 is 10.1 Å². The largest absolute Gasteiger partial charge is 0.482 e. The lowest BCUT2D eigenvalue weighted by molar-refractivity contribution is -0.139. The Bertz CT molecular complexity index is 918. The zero-order chi connectivity index (χ0) is 19.9. The molecule has 0 spiro atoms. The van der Waals surface area contributed by atoms with Gasteiger partial charge in [-0.1, -0.05) is 17.3 Å². The van der Waals surface area contributed by atoms with Crippen molar-refractivity contribution in [1.82, 2.24) is 15.5 Å². The molecule has 3 rings (SSSR count). The van der Waals surface area contributed by atoms with Crippen molar-refractivity contribution in [2.24, 2.45) is 0 Å². The summed E-state index contributed by atoms with van der Waals surface area (Å²) in [6, 6.07) is 10.1. The average molecular weight is 385 g/mol. The lowest BCUT2D eigenvalue weighted by atomic mass is 10.1. The molecule has 2 heterocycles. The quantitative estimate of drug-likeness (QED) is 0.575. The summed E-state index contributed by atoms with van der Waals surface area (Å²) >= 11 is 0. The van der Waals surface area contributed by atoms with E-state index < -0.39 is 12.6 Å². The molecule has 9 nitrogen and oxygen atoms in total. The van der Waals surface area contributed by atoms with Crippen LogP contribution in [0.15, 0.2) is 51.6 Å². The first-order valence-corrected chi connectivity index (χ1v) is 8.61. The number of benzene rings is 1. The maximum absolute atomic E-state index is 12.2. The molecule has 0 radical (unpaired) electrons. The molecular formula is C19H19N3O6. The van der Waals surface area contributed by atoms with Crippen LogP contribution >= 0.6 is 0 Å². The van der Waals surface area contributed by atoms with Gasteiger partial charge in [-0.25, -0.2) is 4.79 Å². The van der Waals surface area contributed by atoms with E-state index in [0.29, 0.717) is 29.6 Å². The molecule has 9 heteroatoms. The van der Waals surface area contributed by atoms with E-state index >= 15 is 0 Å². The summed E-state index contributed by atoms with van der Waals surface area (Å²) in [7, 11) is 0. The molecule has 0 saturated heterocycles. The number of nitrogens with zero attached hydrogens (tertiary/aromatic N) is 2. The zero-order valence-corrected chi connectivity index (χ0v) is 15.1. The van der Waals surface area contributed by atoms with Crippen LogP contribution in [-0.2, 0) is 16.0 Å². The van der Waals surface area contributed by atoms with E-state index in [9.17, 15) is 9.59 Å². The fraction of sp³-hybridized carbons (Fsp3) is 0.263. The van der Waals surface area contributed by atoms with Gasteiger partial charge in [-0.05, 0) is 36.8 Å². The van der Waals surface area contributed by atoms with Gasteiger partial charge in [0.05, 0.1) is 12.3 Å². The number of carboxylic acid groups (broad SMARTS) is 1. The van der Waals surface area contributed by atoms with Gasteiger partial charge in [-0.3, -0.25) is 4.79 Å². The lowest BCUT2D eigenvalue weighted by Gasteiger charge is -2.14. The molecule has 146 valence electrons. The third-order valence-corrected chi connectivity index (χ3v) is 3.90. The Balaban J connectivity index is 1.47. The van der Waals surface area contributed by atoms with Gasteiger partial charge in [-0.2, -0.15) is 4.98 Å². The van der Waals surface area contributed by atoms with Gasteiger partial charge < -0.3 is 24.1 Å². The number of carbonyl (C=O) groups excluding carboxylic acids is 1. The van der Waals surface area contributed by atoms with Crippen LogP contribution in [0.25, 0.3) is 11.6 Å². The summed E-state index contributed by atoms with van der Waals surface area (Å²) in [4.78, 5) is 26.9. The lowest BCUT2D eigenvalue weighted by Crippen LogP contribution is -2.26. The second-order valence-electron chi connectivity index (χ2n) is 6.03. The van der Waals surface area contributed by atoms with Crippen LogP contribution in [0.1, 0.15) is 30.8 Å². The van der Waals surface area contributed by atoms with Crippen molar-refractivity contribution in [3.63, 3.8) is 0 Å². The van der Waals surface area contributed by atoms with E-state index in [4.69, 9.17) is 18.8 Å². The van der Waals surface area contributed by atoms with Crippen LogP contribution in [0.3, 0.4) is 0 Å². The second-order valence-corrected chi connectivity index (χ2v) is 6.03. The Labute approximate surface area is 160 Å². The number of nitrogens with one attached hydrogen (secondary N) is 1. The van der Waals surface area contributed by atoms with E-state index in [1.54, 1.807) is 36.4 Å². The first kappa shape index (κ1) is 19.2. The maximum atomic E-state index is 12.2. The normalized spacial score (nSPS) is 11.8. The summed E-state index contributed by atoms with van der Waals surface area (Å²) in [6.45, 7) is 1.45. The number of aliphatic carboxylic acids is 1. The third kappa shape index (κ3) is 5.19. The predicted molar refractivity (Wildman–Crippen MR) is 96.5 cm³/mol. The van der Waals surface area contributed by atoms with Gasteiger partial charge in [-0.15, -0.1) is 0 Å². The topological polar surface area (TPSA) is 128 Å². The van der Waals surface area contributed by atoms with E-state index in [0.717, 1.165) is 5.56 Å². The molecule has 1 atom stereocenters. The van der Waals surface area contributed by atoms with Gasteiger partial charge >= 0.3 is 5.97 Å². The number of carbonyl (C=O) groups is 2. The van der Waals surface area contributed by atoms with Crippen molar-refractivity contribution in [3.8, 4) is 17.3 Å². The number of aryl methyl sites for hydroxylation is 1. The highest BCUT2D eigenvalue weighted by Crippen LogP contribution is 2.18. The monoisotopic (exact) mass is 385 g/mol. The zero-order valence-electron chi connectivity index (χ0n) is 15.1. The molecule has 2 aromatic heterocycles. The molecule has 0 aliphatic carbocycles. The molecule has 0 saturated carbocycles. The number of amides is 1. The SMILES string of the molecule is CC(NC(=O)CCc1nc(-c2ccco2)no1)c1ccc(OCC(=O)O)cc1. The first-order valence-electron chi connectivity index (χ1n) is 8.61. The third-order valence-electron chi connectivity index (χ3n) is 3.90. The van der Waals surface area contributed by atoms with Crippen molar-refractivity contribution in [2.75, 3.05) is 6.61 Å². The average Bonchev–Trinajstić information content (AvgIpc) is 3.36. The minimum atomic E-state index is -1.04. The van der Waals surface area contributed by atoms with Crippen molar-refractivity contribution in [2.45, 2.75) is 25.8 Å². The standard InChI is InChI=1S/C19H19N3O6/c1-12(13-4-6-14(7-5-13)27-11-18(24)25)20-16(23)8-9-17-21-19(22-28-17)15-3-2-10-26-15/h2-7,10,12H,8-9,11H2,1H3,(H,20,23)(H,24,25). The van der Waals surface area contributed by atoms with Crippen molar-refractivity contribution >= 4 is 11.9 Å². The number of aromatic nitrogens is 2. The maximum Gasteiger partial charge on any atom is 0.341 e. The molecule has 0 fully saturated rings. The van der Waals surface area contributed by atoms with Gasteiger partial charge in [0.15, 0.2) is 12.4 Å². The molecule has 3 aromatic rings. The van der Waals surface area contributed by atoms with Gasteiger partial charge in [0.25, 0.3) is 0 Å². The Hall–Kier alpha value is -3.62. The van der Waals surface area contributed by atoms with Gasteiger partial charge in [0.2, 0.25) is 17.6 Å². The Kier molecular flexibility index (Phi) is 6.05. The summed E-state index contributed by atoms with van der Waals surface area (Å²) < 4.78 is 15.4. The Morgan fingerprint density at radius 3 is 2.71 bits per heavy atom. The summed E-state index contributed by atoms with van der Waals surface area (Å²) in [5, 5.41) is 15.3. The van der Waals surface area contributed by atoms with Crippen LogP contribution in [0, 0.1) is 0 Å². The predicted octanol–water partition coefficient (Wildman–Crippen LogP) is 2.60. The molecule has 2 N–H and O–H groups in total. The fourth-order valence-corrected chi connectivity index (χ4v) is 2.48. The molecule has 0 bridgehead atoms. The fourth-order valence-electron chi connectivity index (χ4n) is 2.48. The summed E-state index contributed by atoms with van der Waals surface area (Å²) in [6.07, 6.45) is 2.03. The van der Waals surface area contributed by atoms with Crippen molar-refractivity contribution in [1.29, 1.82) is 0 Å². The smallest absolute Gasteiger partial charge is 0.341 e. The highest BCUT2D eigenvalue weighted by molar-refractivity contribution is 5.76.